The summed E-state index contributed by atoms with van der Waals surface area (Å²) < 4.78 is 0. The van der Waals surface area contributed by atoms with Crippen LogP contribution in [0.4, 0.5) is 0 Å². The molecular weight excluding hydrogens is 591 g/mol. The minimum atomic E-state index is 1.01. The first-order valence-corrected chi connectivity index (χ1v) is 17.0. The van der Waals surface area contributed by atoms with Crippen molar-refractivity contribution in [3.8, 4) is 66.9 Å². The molecule has 1 aliphatic carbocycles. The monoisotopic (exact) mass is 621 g/mol. The van der Waals surface area contributed by atoms with E-state index in [0.717, 1.165) is 27.7 Å². The molecule has 1 aliphatic rings. The molecule has 9 aromatic rings. The highest BCUT2D eigenvalue weighted by molar-refractivity contribution is 6.28. The molecule has 0 atom stereocenters. The largest absolute Gasteiger partial charge is 0.247 e. The molecule has 0 spiro atoms. The number of rotatable bonds is 4. The SMILES string of the molecule is Cc1ccc2cc(-c3ccccc3)c(-c3cc4c5c(cccc5c3)-c3c-4c(-c4ccccc4)c4ccccc4c3-c3ccccc3)nc2c1. The van der Waals surface area contributed by atoms with E-state index in [9.17, 15) is 0 Å². The van der Waals surface area contributed by atoms with Crippen molar-refractivity contribution in [1.82, 2.24) is 4.98 Å². The topological polar surface area (TPSA) is 12.9 Å². The summed E-state index contributed by atoms with van der Waals surface area (Å²) in [5, 5.41) is 6.23. The van der Waals surface area contributed by atoms with Gasteiger partial charge in [-0.25, -0.2) is 4.98 Å². The standard InChI is InChI=1S/C48H31N/c1-30-24-25-34-28-40(31-14-5-2-6-15-31)48(49-42(34)26-30)36-27-35-20-13-23-39-43(35)41(29-36)47-45(33-18-9-4-10-19-33)38-22-12-11-21-37(38)44(46(39)47)32-16-7-3-8-17-32/h2-29H,1H3. The predicted octanol–water partition coefficient (Wildman–Crippen LogP) is 13.2. The third-order valence-electron chi connectivity index (χ3n) is 10.2. The fourth-order valence-electron chi connectivity index (χ4n) is 8.09. The Labute approximate surface area is 285 Å². The summed E-state index contributed by atoms with van der Waals surface area (Å²) in [7, 11) is 0. The van der Waals surface area contributed by atoms with Gasteiger partial charge in [-0.2, -0.15) is 0 Å². The molecule has 49 heavy (non-hydrogen) atoms. The normalized spacial score (nSPS) is 11.8. The van der Waals surface area contributed by atoms with Crippen LogP contribution in [0.2, 0.25) is 0 Å². The number of nitrogens with zero attached hydrogens (tertiary/aromatic N) is 1. The van der Waals surface area contributed by atoms with Crippen molar-refractivity contribution in [2.75, 3.05) is 0 Å². The van der Waals surface area contributed by atoms with E-state index in [1.807, 2.05) is 0 Å². The van der Waals surface area contributed by atoms with Gasteiger partial charge < -0.3 is 0 Å². The summed E-state index contributed by atoms with van der Waals surface area (Å²) in [4.78, 5) is 5.43. The van der Waals surface area contributed by atoms with E-state index in [2.05, 4.69) is 177 Å². The van der Waals surface area contributed by atoms with Gasteiger partial charge >= 0.3 is 0 Å². The van der Waals surface area contributed by atoms with Gasteiger partial charge in [0.05, 0.1) is 11.2 Å². The zero-order valence-electron chi connectivity index (χ0n) is 27.1. The lowest BCUT2D eigenvalue weighted by Gasteiger charge is -2.20. The van der Waals surface area contributed by atoms with Gasteiger partial charge in [0.15, 0.2) is 0 Å². The van der Waals surface area contributed by atoms with Gasteiger partial charge in [-0.3, -0.25) is 0 Å². The van der Waals surface area contributed by atoms with Crippen LogP contribution in [0.25, 0.3) is 99.3 Å². The van der Waals surface area contributed by atoms with Crippen LogP contribution >= 0.6 is 0 Å². The number of aryl methyl sites for hydroxylation is 1. The zero-order chi connectivity index (χ0) is 32.5. The molecule has 0 N–H and O–H groups in total. The Morgan fingerprint density at radius 1 is 0.367 bits per heavy atom. The number of aromatic nitrogens is 1. The molecule has 8 aromatic carbocycles. The highest BCUT2D eigenvalue weighted by Crippen LogP contribution is 2.58. The zero-order valence-corrected chi connectivity index (χ0v) is 27.1. The van der Waals surface area contributed by atoms with Gasteiger partial charge in [-0.05, 0) is 108 Å². The van der Waals surface area contributed by atoms with E-state index in [-0.39, 0.29) is 0 Å². The average molecular weight is 622 g/mol. The van der Waals surface area contributed by atoms with E-state index in [1.54, 1.807) is 0 Å². The van der Waals surface area contributed by atoms with Gasteiger partial charge in [-0.1, -0.05) is 146 Å². The number of pyridine rings is 1. The second kappa shape index (κ2) is 10.9. The number of benzene rings is 8. The summed E-state index contributed by atoms with van der Waals surface area (Å²) in [6, 6.07) is 62.0. The summed E-state index contributed by atoms with van der Waals surface area (Å²) in [6.07, 6.45) is 0. The lowest BCUT2D eigenvalue weighted by atomic mass is 9.82. The molecule has 1 heteroatoms. The molecule has 0 fully saturated rings. The number of hydrogen-bond acceptors (Lipinski definition) is 1. The van der Waals surface area contributed by atoms with Crippen molar-refractivity contribution in [2.24, 2.45) is 0 Å². The predicted molar refractivity (Wildman–Crippen MR) is 208 cm³/mol. The van der Waals surface area contributed by atoms with Gasteiger partial charge in [0.2, 0.25) is 0 Å². The Hall–Kier alpha value is -6.31. The van der Waals surface area contributed by atoms with Crippen molar-refractivity contribution < 1.29 is 0 Å². The molecule has 0 aliphatic heterocycles. The maximum atomic E-state index is 5.43. The maximum Gasteiger partial charge on any atom is 0.0788 e. The van der Waals surface area contributed by atoms with E-state index < -0.39 is 0 Å². The van der Waals surface area contributed by atoms with Crippen molar-refractivity contribution in [3.63, 3.8) is 0 Å². The van der Waals surface area contributed by atoms with Crippen molar-refractivity contribution in [3.05, 3.63) is 175 Å². The van der Waals surface area contributed by atoms with Crippen LogP contribution in [0.1, 0.15) is 5.56 Å². The average Bonchev–Trinajstić information content (AvgIpc) is 3.48. The first-order chi connectivity index (χ1) is 24.2. The molecule has 1 heterocycles. The minimum absolute atomic E-state index is 1.01. The molecule has 10 rings (SSSR count). The fourth-order valence-corrected chi connectivity index (χ4v) is 8.09. The van der Waals surface area contributed by atoms with Crippen molar-refractivity contribution in [1.29, 1.82) is 0 Å². The minimum Gasteiger partial charge on any atom is -0.247 e. The van der Waals surface area contributed by atoms with Crippen molar-refractivity contribution in [2.45, 2.75) is 6.92 Å². The Morgan fingerprint density at radius 2 is 0.959 bits per heavy atom. The van der Waals surface area contributed by atoms with Crippen LogP contribution in [-0.2, 0) is 0 Å². The van der Waals surface area contributed by atoms with E-state index >= 15 is 0 Å². The molecule has 0 amide bonds. The summed E-state index contributed by atoms with van der Waals surface area (Å²) in [6.45, 7) is 2.14. The summed E-state index contributed by atoms with van der Waals surface area (Å²) in [5.74, 6) is 0. The fraction of sp³-hybridized carbons (Fsp3) is 0.0208. The molecule has 1 aromatic heterocycles. The van der Waals surface area contributed by atoms with Crippen LogP contribution in [0.5, 0.6) is 0 Å². The second-order valence-corrected chi connectivity index (χ2v) is 13.2. The highest BCUT2D eigenvalue weighted by atomic mass is 14.7. The first-order valence-electron chi connectivity index (χ1n) is 17.0. The third kappa shape index (κ3) is 4.29. The molecule has 0 saturated carbocycles. The number of fused-ring (bicyclic) bond motifs is 5. The Kier molecular flexibility index (Phi) is 6.16. The molecule has 228 valence electrons. The molecular formula is C48H31N. The lowest BCUT2D eigenvalue weighted by Crippen LogP contribution is -1.94. The van der Waals surface area contributed by atoms with Crippen LogP contribution in [0.3, 0.4) is 0 Å². The van der Waals surface area contributed by atoms with Crippen LogP contribution in [0, 0.1) is 6.92 Å². The first kappa shape index (κ1) is 27.8. The van der Waals surface area contributed by atoms with Crippen LogP contribution in [0.15, 0.2) is 170 Å². The molecule has 1 nitrogen and oxygen atoms in total. The third-order valence-corrected chi connectivity index (χ3v) is 10.2. The lowest BCUT2D eigenvalue weighted by molar-refractivity contribution is 1.38. The highest BCUT2D eigenvalue weighted by Gasteiger charge is 2.31. The molecule has 0 saturated heterocycles. The maximum absolute atomic E-state index is 5.43. The second-order valence-electron chi connectivity index (χ2n) is 13.2. The quantitative estimate of drug-likeness (QED) is 0.191. The van der Waals surface area contributed by atoms with E-state index in [4.69, 9.17) is 4.98 Å². The van der Waals surface area contributed by atoms with Gasteiger partial charge in [-0.15, -0.1) is 0 Å². The Bertz CT molecular complexity index is 2740. The molecule has 0 bridgehead atoms. The molecule has 0 unspecified atom stereocenters. The van der Waals surface area contributed by atoms with E-state index in [0.29, 0.717) is 0 Å². The summed E-state index contributed by atoms with van der Waals surface area (Å²) in [5.41, 5.74) is 16.9. The van der Waals surface area contributed by atoms with Crippen LogP contribution in [-0.4, -0.2) is 4.98 Å². The van der Waals surface area contributed by atoms with Crippen LogP contribution < -0.4 is 0 Å². The Morgan fingerprint density at radius 3 is 1.61 bits per heavy atom. The smallest absolute Gasteiger partial charge is 0.0788 e. The van der Waals surface area contributed by atoms with Gasteiger partial charge in [0, 0.05) is 16.5 Å². The Balaban J connectivity index is 1.36. The summed E-state index contributed by atoms with van der Waals surface area (Å²) >= 11 is 0. The van der Waals surface area contributed by atoms with Gasteiger partial charge in [0.1, 0.15) is 0 Å². The van der Waals surface area contributed by atoms with Crippen molar-refractivity contribution >= 4 is 32.4 Å². The van der Waals surface area contributed by atoms with E-state index in [1.165, 1.54) is 77.2 Å². The number of hydrogen-bond donors (Lipinski definition) is 0. The molecule has 0 radical (unpaired) electrons. The van der Waals surface area contributed by atoms with Gasteiger partial charge in [0.25, 0.3) is 0 Å².